The summed E-state index contributed by atoms with van der Waals surface area (Å²) in [4.78, 5) is 30.7. The van der Waals surface area contributed by atoms with Gasteiger partial charge in [0.1, 0.15) is 5.75 Å². The monoisotopic (exact) mass is 564 g/mol. The molecule has 1 atom stereocenters. The zero-order valence-corrected chi connectivity index (χ0v) is 23.0. The Morgan fingerprint density at radius 3 is 2.22 bits per heavy atom. The van der Waals surface area contributed by atoms with Crippen LogP contribution in [0.3, 0.4) is 0 Å². The molecule has 0 spiro atoms. The molecule has 7 nitrogen and oxygen atoms in total. The normalized spacial score (nSPS) is 14.2. The number of nitrogens with one attached hydrogen (secondary N) is 2. The zero-order chi connectivity index (χ0) is 26.4. The summed E-state index contributed by atoms with van der Waals surface area (Å²) in [6.45, 7) is 7.13. The molecule has 194 valence electrons. The van der Waals surface area contributed by atoms with Crippen molar-refractivity contribution in [2.45, 2.75) is 26.3 Å². The number of halogens is 1. The van der Waals surface area contributed by atoms with Crippen molar-refractivity contribution in [3.63, 3.8) is 0 Å². The number of nitrogens with zero attached hydrogens (tertiary/aromatic N) is 2. The number of carbonyl (C=O) groups excluding carboxylic acids is 2. The van der Waals surface area contributed by atoms with E-state index in [1.807, 2.05) is 62.4 Å². The van der Waals surface area contributed by atoms with Crippen LogP contribution in [0.25, 0.3) is 0 Å². The van der Waals surface area contributed by atoms with Crippen LogP contribution in [0.5, 0.6) is 5.75 Å². The van der Waals surface area contributed by atoms with Gasteiger partial charge in [0, 0.05) is 48.1 Å². The van der Waals surface area contributed by atoms with Gasteiger partial charge in [0.25, 0.3) is 11.8 Å². The minimum absolute atomic E-state index is 0.0428. The van der Waals surface area contributed by atoms with E-state index in [0.29, 0.717) is 21.3 Å². The van der Waals surface area contributed by atoms with E-state index in [1.165, 1.54) is 0 Å². The Morgan fingerprint density at radius 2 is 1.54 bits per heavy atom. The molecule has 37 heavy (non-hydrogen) atoms. The van der Waals surface area contributed by atoms with Crippen LogP contribution in [0.4, 0.5) is 17.1 Å². The first-order chi connectivity index (χ1) is 17.9. The second-order valence-corrected chi connectivity index (χ2v) is 9.95. The summed E-state index contributed by atoms with van der Waals surface area (Å²) in [5.41, 5.74) is 3.59. The summed E-state index contributed by atoms with van der Waals surface area (Å²) >= 11 is 3.43. The van der Waals surface area contributed by atoms with Crippen LogP contribution in [-0.4, -0.2) is 51.1 Å². The molecule has 0 radical (unpaired) electrons. The molecule has 4 rings (SSSR count). The highest BCUT2D eigenvalue weighted by molar-refractivity contribution is 9.10. The average Bonchev–Trinajstić information content (AvgIpc) is 2.93. The van der Waals surface area contributed by atoms with Crippen molar-refractivity contribution in [3.8, 4) is 5.75 Å². The Hall–Kier alpha value is -3.52. The van der Waals surface area contributed by atoms with Crippen LogP contribution >= 0.6 is 15.9 Å². The second-order valence-electron chi connectivity index (χ2n) is 9.09. The summed E-state index contributed by atoms with van der Waals surface area (Å²) in [6.07, 6.45) is 0.830. The average molecular weight is 566 g/mol. The molecule has 0 saturated carbocycles. The van der Waals surface area contributed by atoms with Crippen LogP contribution in [-0.2, 0) is 0 Å². The number of benzene rings is 3. The Labute approximate surface area is 226 Å². The molecule has 0 bridgehead atoms. The fourth-order valence-corrected chi connectivity index (χ4v) is 4.86. The Kier molecular flexibility index (Phi) is 8.71. The summed E-state index contributed by atoms with van der Waals surface area (Å²) in [5.74, 6) is 0.474. The van der Waals surface area contributed by atoms with E-state index in [0.717, 1.165) is 49.7 Å². The van der Waals surface area contributed by atoms with E-state index in [1.54, 1.807) is 19.2 Å². The van der Waals surface area contributed by atoms with E-state index in [9.17, 15) is 9.59 Å². The van der Waals surface area contributed by atoms with Gasteiger partial charge in [0.05, 0.1) is 23.9 Å². The van der Waals surface area contributed by atoms with Crippen molar-refractivity contribution in [1.82, 2.24) is 5.32 Å². The molecule has 2 N–H and O–H groups in total. The summed E-state index contributed by atoms with van der Waals surface area (Å²) in [5, 5.41) is 6.03. The fraction of sp³-hybridized carbons (Fsp3) is 0.310. The maximum atomic E-state index is 13.3. The lowest BCUT2D eigenvalue weighted by Gasteiger charge is -2.38. The highest BCUT2D eigenvalue weighted by Gasteiger charge is 2.24. The molecular weight excluding hydrogens is 532 g/mol. The lowest BCUT2D eigenvalue weighted by molar-refractivity contribution is 0.0938. The van der Waals surface area contributed by atoms with Crippen molar-refractivity contribution in [2.24, 2.45) is 0 Å². The molecule has 0 aromatic heterocycles. The van der Waals surface area contributed by atoms with Gasteiger partial charge < -0.3 is 25.2 Å². The molecule has 3 aromatic rings. The van der Waals surface area contributed by atoms with Crippen LogP contribution in [0, 0.1) is 0 Å². The van der Waals surface area contributed by atoms with Gasteiger partial charge in [-0.1, -0.05) is 31.2 Å². The maximum absolute atomic E-state index is 13.3. The largest absolute Gasteiger partial charge is 0.495 e. The molecule has 3 aromatic carbocycles. The van der Waals surface area contributed by atoms with E-state index in [4.69, 9.17) is 4.74 Å². The van der Waals surface area contributed by atoms with E-state index in [2.05, 4.69) is 42.4 Å². The topological polar surface area (TPSA) is 73.9 Å². The van der Waals surface area contributed by atoms with E-state index >= 15 is 0 Å². The van der Waals surface area contributed by atoms with Gasteiger partial charge in [-0.2, -0.15) is 0 Å². The van der Waals surface area contributed by atoms with Gasteiger partial charge in [-0.3, -0.25) is 9.59 Å². The number of carbonyl (C=O) groups is 2. The molecule has 0 aliphatic carbocycles. The van der Waals surface area contributed by atoms with Crippen molar-refractivity contribution >= 4 is 44.8 Å². The number of piperazine rings is 1. The highest BCUT2D eigenvalue weighted by atomic mass is 79.9. The number of hydrogen-bond donors (Lipinski definition) is 2. The molecular formula is C29H33BrN4O3. The van der Waals surface area contributed by atoms with Crippen LogP contribution in [0.1, 0.15) is 41.0 Å². The first-order valence-electron chi connectivity index (χ1n) is 12.5. The zero-order valence-electron chi connectivity index (χ0n) is 21.5. The number of para-hydroxylation sites is 2. The highest BCUT2D eigenvalue weighted by Crippen LogP contribution is 2.31. The molecule has 2 amide bonds. The number of ether oxygens (including phenoxy) is 1. The van der Waals surface area contributed by atoms with Gasteiger partial charge >= 0.3 is 0 Å². The predicted octanol–water partition coefficient (Wildman–Crippen LogP) is 5.56. The summed E-state index contributed by atoms with van der Waals surface area (Å²) in [6, 6.07) is 20.9. The van der Waals surface area contributed by atoms with Gasteiger partial charge in [-0.15, -0.1) is 0 Å². The molecule has 1 unspecified atom stereocenters. The smallest absolute Gasteiger partial charge is 0.256 e. The third-order valence-corrected chi connectivity index (χ3v) is 7.35. The quantitative estimate of drug-likeness (QED) is 0.374. The standard InChI is InChI=1S/C29H33BrN4O3/c1-4-20(2)31-29(36)23-19-21(32-28(35)22-9-5-6-10-24(22)30)13-14-25(23)33-15-17-34(18-16-33)26-11-7-8-12-27(26)37-3/h5-14,19-20H,4,15-18H2,1-3H3,(H,31,36)(H,32,35). The second kappa shape index (κ2) is 12.1. The Morgan fingerprint density at radius 1 is 0.892 bits per heavy atom. The third kappa shape index (κ3) is 6.25. The Balaban J connectivity index is 1.56. The molecule has 1 saturated heterocycles. The number of rotatable bonds is 8. The van der Waals surface area contributed by atoms with E-state index in [-0.39, 0.29) is 17.9 Å². The molecule has 8 heteroatoms. The van der Waals surface area contributed by atoms with Crippen molar-refractivity contribution in [1.29, 1.82) is 0 Å². The lowest BCUT2D eigenvalue weighted by atomic mass is 10.1. The van der Waals surface area contributed by atoms with Gasteiger partial charge in [-0.05, 0) is 71.7 Å². The fourth-order valence-electron chi connectivity index (χ4n) is 4.40. The van der Waals surface area contributed by atoms with Crippen LogP contribution in [0.15, 0.2) is 71.2 Å². The first kappa shape index (κ1) is 26.5. The van der Waals surface area contributed by atoms with E-state index < -0.39 is 0 Å². The number of methoxy groups -OCH3 is 1. The van der Waals surface area contributed by atoms with Crippen molar-refractivity contribution < 1.29 is 14.3 Å². The molecule has 1 heterocycles. The molecule has 1 aliphatic rings. The predicted molar refractivity (Wildman–Crippen MR) is 153 cm³/mol. The summed E-state index contributed by atoms with van der Waals surface area (Å²) < 4.78 is 6.26. The van der Waals surface area contributed by atoms with Crippen LogP contribution < -0.4 is 25.2 Å². The third-order valence-electron chi connectivity index (χ3n) is 6.65. The van der Waals surface area contributed by atoms with Gasteiger partial charge in [0.2, 0.25) is 0 Å². The first-order valence-corrected chi connectivity index (χ1v) is 13.3. The number of anilines is 3. The molecule has 1 aliphatic heterocycles. The van der Waals surface area contributed by atoms with Crippen LogP contribution in [0.2, 0.25) is 0 Å². The minimum Gasteiger partial charge on any atom is -0.495 e. The Bertz CT molecular complexity index is 1260. The van der Waals surface area contributed by atoms with Crippen molar-refractivity contribution in [3.05, 3.63) is 82.3 Å². The SMILES string of the molecule is CCC(C)NC(=O)c1cc(NC(=O)c2ccccc2Br)ccc1N1CCN(c2ccccc2OC)CC1. The number of hydrogen-bond acceptors (Lipinski definition) is 5. The number of amides is 2. The maximum Gasteiger partial charge on any atom is 0.256 e. The van der Waals surface area contributed by atoms with Crippen molar-refractivity contribution in [2.75, 3.05) is 48.4 Å². The summed E-state index contributed by atoms with van der Waals surface area (Å²) in [7, 11) is 1.69. The van der Waals surface area contributed by atoms with Gasteiger partial charge in [0.15, 0.2) is 0 Å². The molecule has 1 fully saturated rings. The van der Waals surface area contributed by atoms with Gasteiger partial charge in [-0.25, -0.2) is 0 Å². The minimum atomic E-state index is -0.237. The lowest BCUT2D eigenvalue weighted by Crippen LogP contribution is -2.47.